The van der Waals surface area contributed by atoms with Crippen molar-refractivity contribution in [2.45, 2.75) is 72.4 Å². The SMILES string of the molecule is CC.CCOC(=O)Cn1cc(Nc2ncc3ccn(CCC4CCCCC4)c3n2)cn1. The molecule has 4 rings (SSSR count). The molecule has 0 saturated heterocycles. The Morgan fingerprint density at radius 2 is 2.03 bits per heavy atom. The molecule has 0 aliphatic heterocycles. The highest BCUT2D eigenvalue weighted by atomic mass is 16.5. The van der Waals surface area contributed by atoms with Crippen LogP contribution in [0.5, 0.6) is 0 Å². The van der Waals surface area contributed by atoms with E-state index >= 15 is 0 Å². The molecule has 1 aliphatic carbocycles. The van der Waals surface area contributed by atoms with Gasteiger partial charge in [-0.05, 0) is 25.3 Å². The second kappa shape index (κ2) is 11.5. The van der Waals surface area contributed by atoms with Crippen molar-refractivity contribution in [2.75, 3.05) is 11.9 Å². The van der Waals surface area contributed by atoms with E-state index in [1.165, 1.54) is 43.2 Å². The molecule has 0 atom stereocenters. The van der Waals surface area contributed by atoms with Gasteiger partial charge in [-0.1, -0.05) is 46.0 Å². The van der Waals surface area contributed by atoms with Crippen LogP contribution in [0.2, 0.25) is 0 Å². The fourth-order valence-corrected chi connectivity index (χ4v) is 3.99. The van der Waals surface area contributed by atoms with Gasteiger partial charge in [0.2, 0.25) is 5.95 Å². The minimum Gasteiger partial charge on any atom is -0.465 e. The van der Waals surface area contributed by atoms with Crippen LogP contribution in [0.15, 0.2) is 30.9 Å². The number of aryl methyl sites for hydroxylation is 1. The number of esters is 1. The molecule has 0 bridgehead atoms. The van der Waals surface area contributed by atoms with E-state index in [-0.39, 0.29) is 12.5 Å². The minimum absolute atomic E-state index is 0.0828. The summed E-state index contributed by atoms with van der Waals surface area (Å²) in [5, 5.41) is 8.39. The zero-order valence-corrected chi connectivity index (χ0v) is 18.9. The van der Waals surface area contributed by atoms with Gasteiger partial charge in [-0.3, -0.25) is 9.48 Å². The molecule has 1 saturated carbocycles. The number of hydrogen-bond donors (Lipinski definition) is 1. The van der Waals surface area contributed by atoms with Crippen molar-refractivity contribution in [3.05, 3.63) is 30.9 Å². The highest BCUT2D eigenvalue weighted by molar-refractivity contribution is 5.76. The monoisotopic (exact) mass is 426 g/mol. The molecule has 1 N–H and O–H groups in total. The summed E-state index contributed by atoms with van der Waals surface area (Å²) in [5.41, 5.74) is 1.67. The van der Waals surface area contributed by atoms with E-state index in [1.54, 1.807) is 19.3 Å². The minimum atomic E-state index is -0.310. The molecule has 8 heteroatoms. The van der Waals surface area contributed by atoms with Gasteiger partial charge in [0.15, 0.2) is 0 Å². The summed E-state index contributed by atoms with van der Waals surface area (Å²) >= 11 is 0. The van der Waals surface area contributed by atoms with E-state index in [2.05, 4.69) is 32.2 Å². The van der Waals surface area contributed by atoms with Crippen LogP contribution in [0.1, 0.15) is 59.3 Å². The smallest absolute Gasteiger partial charge is 0.327 e. The van der Waals surface area contributed by atoms with Crippen molar-refractivity contribution < 1.29 is 9.53 Å². The van der Waals surface area contributed by atoms with Crippen molar-refractivity contribution in [1.29, 1.82) is 0 Å². The molecular weight excluding hydrogens is 392 g/mol. The number of rotatable bonds is 8. The number of aromatic nitrogens is 5. The fraction of sp³-hybridized carbons (Fsp3) is 0.565. The molecule has 0 radical (unpaired) electrons. The second-order valence-corrected chi connectivity index (χ2v) is 7.63. The topological polar surface area (TPSA) is 86.9 Å². The molecule has 168 valence electrons. The van der Waals surface area contributed by atoms with Gasteiger partial charge in [0.25, 0.3) is 0 Å². The Labute approximate surface area is 184 Å². The molecule has 0 unspecified atom stereocenters. The predicted octanol–water partition coefficient (Wildman–Crippen LogP) is 4.93. The van der Waals surface area contributed by atoms with Gasteiger partial charge in [0, 0.05) is 30.5 Å². The predicted molar refractivity (Wildman–Crippen MR) is 122 cm³/mol. The van der Waals surface area contributed by atoms with Crippen molar-refractivity contribution in [3.8, 4) is 0 Å². The summed E-state index contributed by atoms with van der Waals surface area (Å²) in [6, 6.07) is 2.07. The standard InChI is InChI=1S/C21H28N6O2.C2H6/c1-2-29-19(28)15-27-14-18(13-23-27)24-21-22-12-17-9-11-26(20(17)25-21)10-8-16-6-4-3-5-7-16;1-2/h9,11-14,16H,2-8,10,15H2,1H3,(H,22,24,25);1-2H3. The molecule has 31 heavy (non-hydrogen) atoms. The molecule has 1 aliphatic rings. The number of ether oxygens (including phenoxy) is 1. The van der Waals surface area contributed by atoms with Gasteiger partial charge in [0.1, 0.15) is 12.2 Å². The maximum Gasteiger partial charge on any atom is 0.327 e. The number of carbonyl (C=O) groups excluding carboxylic acids is 1. The summed E-state index contributed by atoms with van der Waals surface area (Å²) in [6.45, 7) is 7.22. The maximum atomic E-state index is 11.6. The highest BCUT2D eigenvalue weighted by Gasteiger charge is 2.14. The quantitative estimate of drug-likeness (QED) is 0.514. The van der Waals surface area contributed by atoms with Crippen molar-refractivity contribution in [3.63, 3.8) is 0 Å². The molecule has 3 aromatic heterocycles. The molecule has 3 aromatic rings. The first-order chi connectivity index (χ1) is 15.2. The Morgan fingerprint density at radius 3 is 2.81 bits per heavy atom. The van der Waals surface area contributed by atoms with Crippen molar-refractivity contribution in [2.24, 2.45) is 5.92 Å². The summed E-state index contributed by atoms with van der Waals surface area (Å²) in [7, 11) is 0. The summed E-state index contributed by atoms with van der Waals surface area (Å²) in [4.78, 5) is 20.7. The van der Waals surface area contributed by atoms with Crippen LogP contribution in [0.25, 0.3) is 11.0 Å². The number of nitrogens with zero attached hydrogens (tertiary/aromatic N) is 5. The molecular formula is C23H34N6O2. The Balaban J connectivity index is 0.00000132. The Bertz CT molecular complexity index is 958. The van der Waals surface area contributed by atoms with E-state index in [1.807, 2.05) is 20.0 Å². The number of fused-ring (bicyclic) bond motifs is 1. The average molecular weight is 427 g/mol. The number of anilines is 2. The van der Waals surface area contributed by atoms with Gasteiger partial charge in [0.05, 0.1) is 18.5 Å². The third-order valence-corrected chi connectivity index (χ3v) is 5.49. The van der Waals surface area contributed by atoms with Gasteiger partial charge in [-0.25, -0.2) is 4.98 Å². The Hall–Kier alpha value is -2.90. The summed E-state index contributed by atoms with van der Waals surface area (Å²) in [5.74, 6) is 1.05. The molecule has 8 nitrogen and oxygen atoms in total. The lowest BCUT2D eigenvalue weighted by Crippen LogP contribution is -2.13. The molecule has 1 fully saturated rings. The van der Waals surface area contributed by atoms with Crippen LogP contribution >= 0.6 is 0 Å². The maximum absolute atomic E-state index is 11.6. The number of nitrogens with one attached hydrogen (secondary N) is 1. The van der Waals surface area contributed by atoms with Gasteiger partial charge < -0.3 is 14.6 Å². The van der Waals surface area contributed by atoms with E-state index in [4.69, 9.17) is 9.72 Å². The average Bonchev–Trinajstić information content (AvgIpc) is 3.41. The lowest BCUT2D eigenvalue weighted by atomic mass is 9.87. The van der Waals surface area contributed by atoms with Crippen LogP contribution in [0.3, 0.4) is 0 Å². The second-order valence-electron chi connectivity index (χ2n) is 7.63. The molecule has 3 heterocycles. The Morgan fingerprint density at radius 1 is 1.23 bits per heavy atom. The highest BCUT2D eigenvalue weighted by Crippen LogP contribution is 2.27. The van der Waals surface area contributed by atoms with Crippen LogP contribution < -0.4 is 5.32 Å². The van der Waals surface area contributed by atoms with Crippen molar-refractivity contribution in [1.82, 2.24) is 24.3 Å². The van der Waals surface area contributed by atoms with Crippen LogP contribution in [0, 0.1) is 5.92 Å². The zero-order valence-electron chi connectivity index (χ0n) is 18.9. The third kappa shape index (κ3) is 6.29. The van der Waals surface area contributed by atoms with E-state index < -0.39 is 0 Å². The fourth-order valence-electron chi connectivity index (χ4n) is 3.99. The first-order valence-electron chi connectivity index (χ1n) is 11.5. The molecule has 0 amide bonds. The largest absolute Gasteiger partial charge is 0.465 e. The van der Waals surface area contributed by atoms with Gasteiger partial charge >= 0.3 is 5.97 Å². The summed E-state index contributed by atoms with van der Waals surface area (Å²) < 4.78 is 8.70. The third-order valence-electron chi connectivity index (χ3n) is 5.49. The van der Waals surface area contributed by atoms with Crippen LogP contribution in [0.4, 0.5) is 11.6 Å². The van der Waals surface area contributed by atoms with Crippen molar-refractivity contribution >= 4 is 28.6 Å². The lowest BCUT2D eigenvalue weighted by molar-refractivity contribution is -0.144. The first kappa shape index (κ1) is 22.8. The normalized spacial score (nSPS) is 14.2. The summed E-state index contributed by atoms with van der Waals surface area (Å²) in [6.07, 6.45) is 15.4. The molecule has 0 spiro atoms. The lowest BCUT2D eigenvalue weighted by Gasteiger charge is -2.21. The van der Waals surface area contributed by atoms with Crippen LogP contribution in [-0.4, -0.2) is 36.9 Å². The van der Waals surface area contributed by atoms with Crippen LogP contribution in [-0.2, 0) is 22.6 Å². The van der Waals surface area contributed by atoms with Gasteiger partial charge in [-0.15, -0.1) is 0 Å². The van der Waals surface area contributed by atoms with E-state index in [9.17, 15) is 4.79 Å². The first-order valence-corrected chi connectivity index (χ1v) is 11.5. The number of hydrogen-bond acceptors (Lipinski definition) is 6. The Kier molecular flexibility index (Phi) is 8.44. The van der Waals surface area contributed by atoms with E-state index in [0.29, 0.717) is 12.6 Å². The zero-order chi connectivity index (χ0) is 22.1. The van der Waals surface area contributed by atoms with E-state index in [0.717, 1.165) is 29.2 Å². The molecule has 0 aromatic carbocycles. The van der Waals surface area contributed by atoms with Gasteiger partial charge in [-0.2, -0.15) is 10.1 Å². The number of carbonyl (C=O) groups is 1.